The Hall–Kier alpha value is -1.97. The van der Waals surface area contributed by atoms with Crippen LogP contribution in [0.1, 0.15) is 5.56 Å². The minimum Gasteiger partial charge on any atom is -0.396 e. The number of aromatic nitrogens is 2. The Morgan fingerprint density at radius 2 is 1.48 bits per heavy atom. The maximum Gasteiger partial charge on any atom is 0.115 e. The van der Waals surface area contributed by atoms with Crippen LogP contribution in [0, 0.1) is 0 Å². The Bertz CT molecular complexity index is 746. The highest BCUT2D eigenvalue weighted by atomic mass is 35.5. The second-order valence-corrected chi connectivity index (χ2v) is 5.64. The van der Waals surface area contributed by atoms with Gasteiger partial charge in [0.1, 0.15) is 5.69 Å². The Labute approximate surface area is 132 Å². The zero-order valence-electron chi connectivity index (χ0n) is 11.1. The first-order valence-corrected chi connectivity index (χ1v) is 7.21. The first kappa shape index (κ1) is 14.0. The van der Waals surface area contributed by atoms with Gasteiger partial charge in [-0.25, -0.2) is 0 Å². The topological polar surface area (TPSA) is 43.8 Å². The van der Waals surface area contributed by atoms with Crippen LogP contribution in [0.2, 0.25) is 10.0 Å². The van der Waals surface area contributed by atoms with E-state index in [1.807, 2.05) is 59.4 Å². The van der Waals surface area contributed by atoms with Gasteiger partial charge in [0.2, 0.25) is 0 Å². The van der Waals surface area contributed by atoms with Crippen molar-refractivity contribution in [3.05, 3.63) is 70.3 Å². The molecular weight excluding hydrogens is 305 g/mol. The van der Waals surface area contributed by atoms with E-state index in [0.29, 0.717) is 17.3 Å². The van der Waals surface area contributed by atoms with Crippen molar-refractivity contribution in [2.24, 2.45) is 0 Å². The number of rotatable bonds is 3. The van der Waals surface area contributed by atoms with Crippen molar-refractivity contribution in [1.29, 1.82) is 0 Å². The maximum atomic E-state index is 6.05. The van der Waals surface area contributed by atoms with Crippen LogP contribution < -0.4 is 5.73 Å². The molecule has 0 radical (unpaired) electrons. The van der Waals surface area contributed by atoms with Gasteiger partial charge >= 0.3 is 0 Å². The minimum atomic E-state index is 0.645. The number of hydrogen-bond donors (Lipinski definition) is 1. The highest BCUT2D eigenvalue weighted by Crippen LogP contribution is 2.25. The van der Waals surface area contributed by atoms with E-state index in [0.717, 1.165) is 21.8 Å². The van der Waals surface area contributed by atoms with Crippen LogP contribution in [0.15, 0.2) is 54.7 Å². The van der Waals surface area contributed by atoms with E-state index in [-0.39, 0.29) is 0 Å². The molecule has 0 aliphatic heterocycles. The highest BCUT2D eigenvalue weighted by Gasteiger charge is 2.09. The molecule has 0 fully saturated rings. The second-order valence-electron chi connectivity index (χ2n) is 4.76. The fourth-order valence-electron chi connectivity index (χ4n) is 2.13. The van der Waals surface area contributed by atoms with E-state index in [4.69, 9.17) is 28.9 Å². The molecule has 3 aromatic rings. The molecule has 3 nitrogen and oxygen atoms in total. The molecule has 0 bridgehead atoms. The summed E-state index contributed by atoms with van der Waals surface area (Å²) in [5, 5.41) is 5.96. The van der Waals surface area contributed by atoms with E-state index < -0.39 is 0 Å². The van der Waals surface area contributed by atoms with Crippen LogP contribution in [0.3, 0.4) is 0 Å². The fraction of sp³-hybridized carbons (Fsp3) is 0.0625. The van der Waals surface area contributed by atoms with Crippen molar-refractivity contribution in [3.8, 4) is 11.3 Å². The summed E-state index contributed by atoms with van der Waals surface area (Å²) in [5.41, 5.74) is 9.53. The average Bonchev–Trinajstić information content (AvgIpc) is 2.83. The van der Waals surface area contributed by atoms with E-state index in [1.54, 1.807) is 0 Å². The van der Waals surface area contributed by atoms with Gasteiger partial charge in [0.15, 0.2) is 0 Å². The summed E-state index contributed by atoms with van der Waals surface area (Å²) < 4.78 is 1.82. The number of nitrogen functional groups attached to an aromatic ring is 1. The highest BCUT2D eigenvalue weighted by molar-refractivity contribution is 6.30. The van der Waals surface area contributed by atoms with Gasteiger partial charge in [-0.15, -0.1) is 0 Å². The molecule has 3 rings (SSSR count). The van der Waals surface area contributed by atoms with Gasteiger partial charge in [-0.2, -0.15) is 5.10 Å². The third-order valence-corrected chi connectivity index (χ3v) is 3.67. The van der Waals surface area contributed by atoms with Crippen LogP contribution >= 0.6 is 23.2 Å². The van der Waals surface area contributed by atoms with Crippen LogP contribution in [0.25, 0.3) is 11.3 Å². The van der Waals surface area contributed by atoms with Crippen molar-refractivity contribution in [2.45, 2.75) is 6.54 Å². The Balaban J connectivity index is 1.87. The first-order valence-electron chi connectivity index (χ1n) is 6.45. The molecule has 106 valence electrons. The fourth-order valence-corrected chi connectivity index (χ4v) is 2.38. The lowest BCUT2D eigenvalue weighted by Gasteiger charge is -2.02. The number of nitrogens with two attached hydrogens (primary N) is 1. The number of anilines is 1. The number of halogens is 2. The first-order chi connectivity index (χ1) is 10.1. The number of benzene rings is 2. The molecule has 2 N–H and O–H groups in total. The van der Waals surface area contributed by atoms with E-state index in [9.17, 15) is 0 Å². The molecule has 0 unspecified atom stereocenters. The van der Waals surface area contributed by atoms with Gasteiger partial charge in [0.05, 0.1) is 12.2 Å². The molecule has 21 heavy (non-hydrogen) atoms. The zero-order chi connectivity index (χ0) is 14.8. The molecule has 0 aliphatic carbocycles. The summed E-state index contributed by atoms with van der Waals surface area (Å²) in [6.45, 7) is 0.648. The van der Waals surface area contributed by atoms with Gasteiger partial charge in [0, 0.05) is 21.8 Å². The molecule has 0 saturated carbocycles. The van der Waals surface area contributed by atoms with Crippen LogP contribution in [0.5, 0.6) is 0 Å². The van der Waals surface area contributed by atoms with E-state index >= 15 is 0 Å². The summed E-state index contributed by atoms with van der Waals surface area (Å²) in [5.74, 6) is 0. The molecule has 0 amide bonds. The van der Waals surface area contributed by atoms with Crippen molar-refractivity contribution in [2.75, 3.05) is 5.73 Å². The maximum absolute atomic E-state index is 6.05. The van der Waals surface area contributed by atoms with Crippen molar-refractivity contribution in [3.63, 3.8) is 0 Å². The molecule has 0 spiro atoms. The lowest BCUT2D eigenvalue weighted by atomic mass is 10.1. The smallest absolute Gasteiger partial charge is 0.115 e. The summed E-state index contributed by atoms with van der Waals surface area (Å²) in [7, 11) is 0. The van der Waals surface area contributed by atoms with Gasteiger partial charge in [-0.05, 0) is 29.8 Å². The van der Waals surface area contributed by atoms with Gasteiger partial charge in [-0.1, -0.05) is 47.5 Å². The van der Waals surface area contributed by atoms with Gasteiger partial charge < -0.3 is 5.73 Å². The average molecular weight is 318 g/mol. The predicted molar refractivity (Wildman–Crippen MR) is 87.6 cm³/mol. The molecule has 1 aromatic heterocycles. The molecule has 1 heterocycles. The van der Waals surface area contributed by atoms with Gasteiger partial charge in [0.25, 0.3) is 0 Å². The van der Waals surface area contributed by atoms with Gasteiger partial charge in [-0.3, -0.25) is 4.68 Å². The van der Waals surface area contributed by atoms with Crippen LogP contribution in [-0.4, -0.2) is 9.78 Å². The molecular formula is C16H13Cl2N3. The number of hydrogen-bond acceptors (Lipinski definition) is 2. The SMILES string of the molecule is Nc1cn(Cc2ccc(Cl)cc2)nc1-c1ccc(Cl)cc1. The summed E-state index contributed by atoms with van der Waals surface area (Å²) in [4.78, 5) is 0. The van der Waals surface area contributed by atoms with E-state index in [1.165, 1.54) is 0 Å². The van der Waals surface area contributed by atoms with Crippen molar-refractivity contribution >= 4 is 28.9 Å². The van der Waals surface area contributed by atoms with E-state index in [2.05, 4.69) is 5.10 Å². The molecule has 2 aromatic carbocycles. The third-order valence-electron chi connectivity index (χ3n) is 3.17. The summed E-state index contributed by atoms with van der Waals surface area (Å²) >= 11 is 11.8. The second kappa shape index (κ2) is 5.80. The monoisotopic (exact) mass is 317 g/mol. The molecule has 0 saturated heterocycles. The quantitative estimate of drug-likeness (QED) is 0.773. The normalized spacial score (nSPS) is 10.8. The minimum absolute atomic E-state index is 0.645. The molecule has 5 heteroatoms. The van der Waals surface area contributed by atoms with Crippen LogP contribution in [0.4, 0.5) is 5.69 Å². The lowest BCUT2D eigenvalue weighted by Crippen LogP contribution is -2.00. The molecule has 0 atom stereocenters. The summed E-state index contributed by atoms with van der Waals surface area (Å²) in [6.07, 6.45) is 1.83. The predicted octanol–water partition coefficient (Wildman–Crippen LogP) is 4.49. The standard InChI is InChI=1S/C16H13Cl2N3/c17-13-5-1-11(2-6-13)9-21-10-15(19)16(20-21)12-3-7-14(18)8-4-12/h1-8,10H,9,19H2. The largest absolute Gasteiger partial charge is 0.396 e. The molecule has 0 aliphatic rings. The Kier molecular flexibility index (Phi) is 3.86. The van der Waals surface area contributed by atoms with Crippen molar-refractivity contribution < 1.29 is 0 Å². The summed E-state index contributed by atoms with van der Waals surface area (Å²) in [6, 6.07) is 15.2. The number of nitrogens with zero attached hydrogens (tertiary/aromatic N) is 2. The van der Waals surface area contributed by atoms with Crippen molar-refractivity contribution in [1.82, 2.24) is 9.78 Å². The Morgan fingerprint density at radius 1 is 0.905 bits per heavy atom. The lowest BCUT2D eigenvalue weighted by molar-refractivity contribution is 0.689. The third kappa shape index (κ3) is 3.20. The zero-order valence-corrected chi connectivity index (χ0v) is 12.6. The van der Waals surface area contributed by atoms with Crippen LogP contribution in [-0.2, 0) is 6.54 Å². The Morgan fingerprint density at radius 3 is 2.10 bits per heavy atom.